The van der Waals surface area contributed by atoms with Gasteiger partial charge < -0.3 is 9.47 Å². The summed E-state index contributed by atoms with van der Waals surface area (Å²) in [5.41, 5.74) is 5.80. The number of hydrogen-bond donors (Lipinski definition) is 0. The van der Waals surface area contributed by atoms with Crippen LogP contribution in [-0.4, -0.2) is 0 Å². The molecule has 1 aliphatic carbocycles. The minimum absolute atomic E-state index is 0.107. The first kappa shape index (κ1) is 37.6. The molecule has 0 bridgehead atoms. The molecule has 0 N–H and O–H groups in total. The van der Waals surface area contributed by atoms with Gasteiger partial charge in [0.25, 0.3) is 0 Å². The van der Waals surface area contributed by atoms with Gasteiger partial charge >= 0.3 is 0 Å². The molecule has 11 aromatic rings. The molecule has 2 heteroatoms. The zero-order valence-corrected chi connectivity index (χ0v) is 34.3. The van der Waals surface area contributed by atoms with E-state index in [1.54, 1.807) is 0 Å². The Bertz CT molecular complexity index is 3050. The molecule has 0 aromatic heterocycles. The zero-order chi connectivity index (χ0) is 41.2. The fraction of sp³-hybridized carbons (Fsp3) is 0.0508. The van der Waals surface area contributed by atoms with Crippen LogP contribution in [0.4, 0.5) is 0 Å². The van der Waals surface area contributed by atoms with E-state index in [1.807, 2.05) is 72.8 Å². The molecule has 1 aliphatic rings. The van der Waals surface area contributed by atoms with Crippen LogP contribution in [0.2, 0.25) is 0 Å². The summed E-state index contributed by atoms with van der Waals surface area (Å²) in [6.07, 6.45) is 0. The summed E-state index contributed by atoms with van der Waals surface area (Å²) < 4.78 is 12.0. The molecular weight excluding hydrogens is 741 g/mol. The molecule has 0 spiro atoms. The van der Waals surface area contributed by atoms with Crippen LogP contribution in [0.5, 0.6) is 23.0 Å². The Morgan fingerprint density at radius 2 is 0.541 bits per heavy atom. The average molecular weight is 785 g/mol. The topological polar surface area (TPSA) is 18.5 Å². The van der Waals surface area contributed by atoms with Crippen molar-refractivity contribution in [3.8, 4) is 34.1 Å². The van der Waals surface area contributed by atoms with Crippen LogP contribution < -0.4 is 9.47 Å². The van der Waals surface area contributed by atoms with E-state index >= 15 is 0 Å². The zero-order valence-electron chi connectivity index (χ0n) is 34.3. The molecule has 0 saturated carbocycles. The van der Waals surface area contributed by atoms with Crippen molar-refractivity contribution in [1.29, 1.82) is 0 Å². The third-order valence-corrected chi connectivity index (χ3v) is 11.8. The Labute approximate surface area is 356 Å². The highest BCUT2D eigenvalue weighted by atomic mass is 16.5. The number of rotatable bonds is 4. The van der Waals surface area contributed by atoms with Crippen LogP contribution in [0.25, 0.3) is 65.0 Å². The smallest absolute Gasteiger partial charge is 0.128 e. The molecule has 0 atom stereocenters. The van der Waals surface area contributed by atoms with Crippen LogP contribution >= 0.6 is 0 Å². The first-order valence-electron chi connectivity index (χ1n) is 20.9. The maximum Gasteiger partial charge on any atom is 0.128 e. The van der Waals surface area contributed by atoms with Crippen LogP contribution in [-0.2, 0) is 5.41 Å². The van der Waals surface area contributed by atoms with Gasteiger partial charge in [-0.3, -0.25) is 0 Å². The minimum Gasteiger partial charge on any atom is -0.457 e. The molecule has 2 nitrogen and oxygen atoms in total. The van der Waals surface area contributed by atoms with Gasteiger partial charge in [-0.1, -0.05) is 184 Å². The quantitative estimate of drug-likeness (QED) is 0.177. The van der Waals surface area contributed by atoms with E-state index in [0.29, 0.717) is 0 Å². The third kappa shape index (κ3) is 7.80. The van der Waals surface area contributed by atoms with Crippen molar-refractivity contribution in [2.45, 2.75) is 19.3 Å². The molecule has 12 rings (SSSR count). The van der Waals surface area contributed by atoms with Gasteiger partial charge in [0.05, 0.1) is 0 Å². The highest BCUT2D eigenvalue weighted by Gasteiger charge is 2.35. The SMILES string of the molecule is CC1(C)c2ccccc2-c2cc3ccccc3cc21.c1ccc2cc(Oc3ccc4ccccc4c3)ccc2c1.c1ccc2cc(Oc3ccc4ccccc4c3)ccc2c1. The summed E-state index contributed by atoms with van der Waals surface area (Å²) in [5.74, 6) is 3.46. The van der Waals surface area contributed by atoms with Gasteiger partial charge in [0, 0.05) is 5.41 Å². The van der Waals surface area contributed by atoms with E-state index in [0.717, 1.165) is 23.0 Å². The highest BCUT2D eigenvalue weighted by molar-refractivity contribution is 5.93. The van der Waals surface area contributed by atoms with E-state index in [2.05, 4.69) is 172 Å². The summed E-state index contributed by atoms with van der Waals surface area (Å²) >= 11 is 0. The van der Waals surface area contributed by atoms with Crippen molar-refractivity contribution in [1.82, 2.24) is 0 Å². The number of ether oxygens (including phenoxy) is 2. The van der Waals surface area contributed by atoms with Crippen molar-refractivity contribution >= 4 is 53.9 Å². The van der Waals surface area contributed by atoms with Gasteiger partial charge in [-0.2, -0.15) is 0 Å². The summed E-state index contributed by atoms with van der Waals surface area (Å²) in [4.78, 5) is 0. The Balaban J connectivity index is 0.000000110. The van der Waals surface area contributed by atoms with Crippen molar-refractivity contribution in [3.63, 3.8) is 0 Å². The van der Waals surface area contributed by atoms with Gasteiger partial charge in [0.2, 0.25) is 0 Å². The lowest BCUT2D eigenvalue weighted by Gasteiger charge is -2.21. The molecule has 11 aromatic carbocycles. The standard InChI is InChI=1S/2C20H14O.C19H16/c2*1-3-7-17-13-19(11-9-15(17)5-1)21-20-12-10-16-6-2-4-8-18(16)14-20;1-19(2)17-10-6-5-9-15(17)16-11-13-7-3-4-8-14(13)12-18(16)19/h2*1-14H;3-12H,1-2H3. The van der Waals surface area contributed by atoms with E-state index < -0.39 is 0 Å². The lowest BCUT2D eigenvalue weighted by atomic mass is 9.82. The molecule has 0 saturated heterocycles. The number of benzene rings is 11. The van der Waals surface area contributed by atoms with Crippen LogP contribution in [0, 0.1) is 0 Å². The fourth-order valence-corrected chi connectivity index (χ4v) is 8.58. The summed E-state index contributed by atoms with van der Waals surface area (Å²) in [5, 5.41) is 12.3. The average Bonchev–Trinajstić information content (AvgIpc) is 3.53. The number of hydrogen-bond acceptors (Lipinski definition) is 2. The van der Waals surface area contributed by atoms with E-state index in [1.165, 1.54) is 76.1 Å². The van der Waals surface area contributed by atoms with Gasteiger partial charge in [0.15, 0.2) is 0 Å². The van der Waals surface area contributed by atoms with Crippen molar-refractivity contribution in [2.24, 2.45) is 0 Å². The maximum absolute atomic E-state index is 5.99. The molecule has 0 aliphatic heterocycles. The predicted octanol–water partition coefficient (Wildman–Crippen LogP) is 16.7. The van der Waals surface area contributed by atoms with Gasteiger partial charge in [-0.25, -0.2) is 0 Å². The van der Waals surface area contributed by atoms with Gasteiger partial charge in [0.1, 0.15) is 23.0 Å². The van der Waals surface area contributed by atoms with Crippen LogP contribution in [0.1, 0.15) is 25.0 Å². The lowest BCUT2D eigenvalue weighted by molar-refractivity contribution is 0.484. The van der Waals surface area contributed by atoms with Crippen LogP contribution in [0.3, 0.4) is 0 Å². The first-order valence-corrected chi connectivity index (χ1v) is 20.9. The van der Waals surface area contributed by atoms with E-state index in [9.17, 15) is 0 Å². The molecule has 0 fully saturated rings. The molecule has 292 valence electrons. The Morgan fingerprint density at radius 3 is 0.918 bits per heavy atom. The van der Waals surface area contributed by atoms with E-state index in [-0.39, 0.29) is 5.41 Å². The fourth-order valence-electron chi connectivity index (χ4n) is 8.58. The molecule has 0 amide bonds. The van der Waals surface area contributed by atoms with Crippen molar-refractivity contribution in [3.05, 3.63) is 242 Å². The summed E-state index contributed by atoms with van der Waals surface area (Å²) in [7, 11) is 0. The van der Waals surface area contributed by atoms with Crippen LogP contribution in [0.15, 0.2) is 231 Å². The monoisotopic (exact) mass is 784 g/mol. The lowest BCUT2D eigenvalue weighted by Crippen LogP contribution is -2.14. The summed E-state index contributed by atoms with van der Waals surface area (Å²) in [6, 6.07) is 80.0. The summed E-state index contributed by atoms with van der Waals surface area (Å²) in [6.45, 7) is 4.65. The maximum atomic E-state index is 5.99. The molecule has 0 unspecified atom stereocenters. The second-order valence-corrected chi connectivity index (χ2v) is 16.2. The molecule has 61 heavy (non-hydrogen) atoms. The Kier molecular flexibility index (Phi) is 9.96. The molecule has 0 radical (unpaired) electrons. The second-order valence-electron chi connectivity index (χ2n) is 16.2. The number of fused-ring (bicyclic) bond motifs is 8. The van der Waals surface area contributed by atoms with Crippen molar-refractivity contribution < 1.29 is 9.47 Å². The Morgan fingerprint density at radius 1 is 0.246 bits per heavy atom. The van der Waals surface area contributed by atoms with Gasteiger partial charge in [-0.15, -0.1) is 0 Å². The molecular formula is C59H44O2. The highest BCUT2D eigenvalue weighted by Crippen LogP contribution is 2.49. The largest absolute Gasteiger partial charge is 0.457 e. The van der Waals surface area contributed by atoms with Gasteiger partial charge in [-0.05, 0) is 137 Å². The second kappa shape index (κ2) is 16.2. The predicted molar refractivity (Wildman–Crippen MR) is 257 cm³/mol. The third-order valence-electron chi connectivity index (χ3n) is 11.8. The van der Waals surface area contributed by atoms with E-state index in [4.69, 9.17) is 9.47 Å². The minimum atomic E-state index is 0.107. The normalized spacial score (nSPS) is 12.2. The Hall–Kier alpha value is -7.68. The van der Waals surface area contributed by atoms with Crippen molar-refractivity contribution in [2.75, 3.05) is 0 Å². The molecule has 0 heterocycles. The first-order chi connectivity index (χ1) is 29.9.